The fraction of sp³-hybridized carbons (Fsp3) is 0.312. The van der Waals surface area contributed by atoms with Crippen molar-refractivity contribution in [2.24, 2.45) is 0 Å². The summed E-state index contributed by atoms with van der Waals surface area (Å²) in [6, 6.07) is 4.73. The molecule has 0 aliphatic carbocycles. The van der Waals surface area contributed by atoms with Gasteiger partial charge in [-0.05, 0) is 37.6 Å². The Morgan fingerprint density at radius 3 is 2.36 bits per heavy atom. The number of rotatable bonds is 7. The molecule has 3 amide bonds. The lowest BCUT2D eigenvalue weighted by Gasteiger charge is -2.08. The number of alkyl halides is 2. The Kier molecular flexibility index (Phi) is 8.04. The Morgan fingerprint density at radius 1 is 1.16 bits per heavy atom. The normalized spacial score (nSPS) is 10.8. The average molecular weight is 356 g/mol. The number of hydrogen-bond acceptors (Lipinski definition) is 5. The van der Waals surface area contributed by atoms with E-state index >= 15 is 0 Å². The molecule has 0 aromatic heterocycles. The van der Waals surface area contributed by atoms with Crippen molar-refractivity contribution in [3.63, 3.8) is 0 Å². The van der Waals surface area contributed by atoms with Crippen LogP contribution in [0.4, 0.5) is 13.6 Å². The summed E-state index contributed by atoms with van der Waals surface area (Å²) in [5.74, 6) is -1.58. The molecule has 7 nitrogen and oxygen atoms in total. The fourth-order valence-electron chi connectivity index (χ4n) is 1.57. The minimum Gasteiger partial charge on any atom is -0.452 e. The van der Waals surface area contributed by atoms with Crippen LogP contribution in [-0.2, 0) is 14.3 Å². The van der Waals surface area contributed by atoms with Gasteiger partial charge in [0, 0.05) is 12.1 Å². The quantitative estimate of drug-likeness (QED) is 0.576. The largest absolute Gasteiger partial charge is 0.452 e. The highest BCUT2D eigenvalue weighted by molar-refractivity contribution is 5.96. The fourth-order valence-corrected chi connectivity index (χ4v) is 1.57. The van der Waals surface area contributed by atoms with Gasteiger partial charge in [0.25, 0.3) is 5.91 Å². The van der Waals surface area contributed by atoms with Crippen molar-refractivity contribution in [1.29, 1.82) is 0 Å². The number of benzene rings is 1. The van der Waals surface area contributed by atoms with Gasteiger partial charge in [0.2, 0.25) is 0 Å². The van der Waals surface area contributed by atoms with E-state index in [1.54, 1.807) is 13.8 Å². The summed E-state index contributed by atoms with van der Waals surface area (Å²) in [4.78, 5) is 34.1. The van der Waals surface area contributed by atoms with E-state index < -0.39 is 31.1 Å². The van der Waals surface area contributed by atoms with Crippen LogP contribution in [0.2, 0.25) is 0 Å². The van der Waals surface area contributed by atoms with E-state index in [4.69, 9.17) is 0 Å². The number of amides is 3. The Hall–Kier alpha value is -2.97. The first kappa shape index (κ1) is 20.1. The molecule has 9 heteroatoms. The zero-order chi connectivity index (χ0) is 18.8. The van der Waals surface area contributed by atoms with Crippen molar-refractivity contribution in [1.82, 2.24) is 10.6 Å². The lowest BCUT2D eigenvalue weighted by Crippen LogP contribution is -2.43. The molecule has 0 radical (unpaired) electrons. The smallest absolute Gasteiger partial charge is 0.387 e. The van der Waals surface area contributed by atoms with E-state index in [-0.39, 0.29) is 11.8 Å². The summed E-state index contributed by atoms with van der Waals surface area (Å²) < 4.78 is 32.9. The molecular weight excluding hydrogens is 338 g/mol. The van der Waals surface area contributed by atoms with Gasteiger partial charge in [0.15, 0.2) is 6.61 Å². The van der Waals surface area contributed by atoms with Crippen LogP contribution in [0.5, 0.6) is 5.75 Å². The number of nitrogens with one attached hydrogen (secondary N) is 2. The number of hydrogen-bond donors (Lipinski definition) is 2. The monoisotopic (exact) mass is 356 g/mol. The molecule has 1 aromatic rings. The van der Waals surface area contributed by atoms with E-state index in [1.807, 2.05) is 5.32 Å². The molecule has 0 saturated heterocycles. The standard InChI is InChI=1S/C16H18F2N2O5/c1-10(2)19-16(23)20-13(21)9-24-14(22)8-5-11-3-6-12(7-4-11)25-15(17)18/h3-8,10,15H,9H2,1-2H3,(H2,19,20,21,23). The van der Waals surface area contributed by atoms with E-state index in [1.165, 1.54) is 30.3 Å². The van der Waals surface area contributed by atoms with E-state index in [0.717, 1.165) is 6.08 Å². The molecule has 2 N–H and O–H groups in total. The Morgan fingerprint density at radius 2 is 1.80 bits per heavy atom. The Bertz CT molecular complexity index is 630. The zero-order valence-electron chi connectivity index (χ0n) is 13.6. The van der Waals surface area contributed by atoms with Crippen LogP contribution in [0.3, 0.4) is 0 Å². The van der Waals surface area contributed by atoms with E-state index in [0.29, 0.717) is 5.56 Å². The molecule has 0 atom stereocenters. The van der Waals surface area contributed by atoms with E-state index in [2.05, 4.69) is 14.8 Å². The van der Waals surface area contributed by atoms with Crippen LogP contribution in [0.25, 0.3) is 6.08 Å². The van der Waals surface area contributed by atoms with Crippen molar-refractivity contribution < 1.29 is 32.6 Å². The highest BCUT2D eigenvalue weighted by Gasteiger charge is 2.10. The van der Waals surface area contributed by atoms with Gasteiger partial charge >= 0.3 is 18.6 Å². The third kappa shape index (κ3) is 9.04. The van der Waals surface area contributed by atoms with Crippen molar-refractivity contribution in [3.8, 4) is 5.75 Å². The predicted octanol–water partition coefficient (Wildman–Crippen LogP) is 2.08. The van der Waals surface area contributed by atoms with Gasteiger partial charge in [-0.2, -0.15) is 8.78 Å². The number of carbonyl (C=O) groups excluding carboxylic acids is 3. The SMILES string of the molecule is CC(C)NC(=O)NC(=O)COC(=O)C=Cc1ccc(OC(F)F)cc1. The first-order valence-corrected chi connectivity index (χ1v) is 7.26. The minimum absolute atomic E-state index is 0.00827. The molecule has 0 fully saturated rings. The van der Waals surface area contributed by atoms with Crippen LogP contribution in [0.15, 0.2) is 30.3 Å². The highest BCUT2D eigenvalue weighted by atomic mass is 19.3. The number of urea groups is 1. The Balaban J connectivity index is 2.39. The van der Waals surface area contributed by atoms with Gasteiger partial charge in [-0.15, -0.1) is 0 Å². The molecule has 1 aromatic carbocycles. The molecule has 0 bridgehead atoms. The lowest BCUT2D eigenvalue weighted by molar-refractivity contribution is -0.143. The van der Waals surface area contributed by atoms with E-state index in [9.17, 15) is 23.2 Å². The van der Waals surface area contributed by atoms with Crippen molar-refractivity contribution in [3.05, 3.63) is 35.9 Å². The molecular formula is C16H18F2N2O5. The molecule has 0 heterocycles. The van der Waals surface area contributed by atoms with Crippen LogP contribution in [0, 0.1) is 0 Å². The predicted molar refractivity (Wildman–Crippen MR) is 84.9 cm³/mol. The number of carbonyl (C=O) groups is 3. The van der Waals surface area contributed by atoms with Crippen molar-refractivity contribution in [2.45, 2.75) is 26.5 Å². The third-order valence-corrected chi connectivity index (χ3v) is 2.54. The van der Waals surface area contributed by atoms with Crippen LogP contribution in [0.1, 0.15) is 19.4 Å². The first-order chi connectivity index (χ1) is 11.8. The average Bonchev–Trinajstić information content (AvgIpc) is 2.50. The van der Waals surface area contributed by atoms with Crippen molar-refractivity contribution in [2.75, 3.05) is 6.61 Å². The maximum absolute atomic E-state index is 12.0. The summed E-state index contributed by atoms with van der Waals surface area (Å²) in [6.45, 7) is -0.0806. The molecule has 0 aliphatic rings. The number of halogens is 2. The van der Waals surface area contributed by atoms with Crippen LogP contribution < -0.4 is 15.4 Å². The summed E-state index contributed by atoms with van der Waals surface area (Å²) in [5, 5.41) is 4.44. The second-order valence-corrected chi connectivity index (χ2v) is 5.06. The molecule has 0 saturated carbocycles. The second kappa shape index (κ2) is 10.0. The number of ether oxygens (including phenoxy) is 2. The minimum atomic E-state index is -2.91. The van der Waals surface area contributed by atoms with Gasteiger partial charge in [0.1, 0.15) is 5.75 Å². The summed E-state index contributed by atoms with van der Waals surface area (Å²) in [5.41, 5.74) is 0.541. The maximum Gasteiger partial charge on any atom is 0.387 e. The molecule has 25 heavy (non-hydrogen) atoms. The summed E-state index contributed by atoms with van der Waals surface area (Å²) in [6.07, 6.45) is 2.43. The van der Waals surface area contributed by atoms with Crippen LogP contribution in [-0.4, -0.2) is 37.2 Å². The lowest BCUT2D eigenvalue weighted by atomic mass is 10.2. The van der Waals surface area contributed by atoms with Gasteiger partial charge in [-0.25, -0.2) is 9.59 Å². The third-order valence-electron chi connectivity index (χ3n) is 2.54. The molecule has 136 valence electrons. The molecule has 0 spiro atoms. The molecule has 1 rings (SSSR count). The van der Waals surface area contributed by atoms with Gasteiger partial charge in [0.05, 0.1) is 0 Å². The number of esters is 1. The first-order valence-electron chi connectivity index (χ1n) is 7.26. The topological polar surface area (TPSA) is 93.7 Å². The molecule has 0 unspecified atom stereocenters. The molecule has 0 aliphatic heterocycles. The summed E-state index contributed by atoms with van der Waals surface area (Å²) in [7, 11) is 0. The second-order valence-electron chi connectivity index (χ2n) is 5.06. The van der Waals surface area contributed by atoms with Crippen molar-refractivity contribution >= 4 is 24.0 Å². The van der Waals surface area contributed by atoms with Gasteiger partial charge in [-0.1, -0.05) is 12.1 Å². The van der Waals surface area contributed by atoms with Gasteiger partial charge in [-0.3, -0.25) is 10.1 Å². The Labute approximate surface area is 143 Å². The van der Waals surface area contributed by atoms with Gasteiger partial charge < -0.3 is 14.8 Å². The maximum atomic E-state index is 12.0. The zero-order valence-corrected chi connectivity index (χ0v) is 13.6. The highest BCUT2D eigenvalue weighted by Crippen LogP contribution is 2.15. The number of imide groups is 1. The summed E-state index contributed by atoms with van der Waals surface area (Å²) >= 11 is 0. The van der Waals surface area contributed by atoms with Crippen LogP contribution >= 0.6 is 0 Å².